The predicted octanol–water partition coefficient (Wildman–Crippen LogP) is 2.61. The van der Waals surface area contributed by atoms with Gasteiger partial charge in [-0.2, -0.15) is 0 Å². The van der Waals surface area contributed by atoms with Crippen LogP contribution in [0.4, 0.5) is 5.69 Å². The summed E-state index contributed by atoms with van der Waals surface area (Å²) in [5.41, 5.74) is 8.58. The second-order valence-electron chi connectivity index (χ2n) is 5.10. The standard InChI is InChI=1S/C17H20N2O2/c1-13-5-3-6-14(9-13)11-19(2)17(20)12-21-16-8-4-7-15(18)10-16/h3-10H,11-12,18H2,1-2H3. The van der Waals surface area contributed by atoms with Gasteiger partial charge in [0.05, 0.1) is 0 Å². The Labute approximate surface area is 125 Å². The number of likely N-dealkylation sites (N-methyl/N-ethyl adjacent to an activating group) is 1. The van der Waals surface area contributed by atoms with Gasteiger partial charge < -0.3 is 15.4 Å². The zero-order chi connectivity index (χ0) is 15.2. The number of hydrogen-bond acceptors (Lipinski definition) is 3. The van der Waals surface area contributed by atoms with E-state index in [9.17, 15) is 4.79 Å². The molecular weight excluding hydrogens is 264 g/mol. The zero-order valence-corrected chi connectivity index (χ0v) is 12.4. The summed E-state index contributed by atoms with van der Waals surface area (Å²) in [6.45, 7) is 2.61. The summed E-state index contributed by atoms with van der Waals surface area (Å²) in [4.78, 5) is 13.7. The highest BCUT2D eigenvalue weighted by atomic mass is 16.5. The Hall–Kier alpha value is -2.49. The number of benzene rings is 2. The lowest BCUT2D eigenvalue weighted by Gasteiger charge is -2.18. The molecule has 110 valence electrons. The first-order valence-corrected chi connectivity index (χ1v) is 6.82. The van der Waals surface area contributed by atoms with E-state index in [2.05, 4.69) is 6.07 Å². The number of nitrogens with zero attached hydrogens (tertiary/aromatic N) is 1. The van der Waals surface area contributed by atoms with E-state index < -0.39 is 0 Å². The van der Waals surface area contributed by atoms with Crippen LogP contribution >= 0.6 is 0 Å². The van der Waals surface area contributed by atoms with Gasteiger partial charge in [0.1, 0.15) is 5.75 Å². The van der Waals surface area contributed by atoms with Crippen molar-refractivity contribution in [3.8, 4) is 5.75 Å². The highest BCUT2D eigenvalue weighted by Gasteiger charge is 2.10. The van der Waals surface area contributed by atoms with Crippen molar-refractivity contribution in [2.24, 2.45) is 0 Å². The zero-order valence-electron chi connectivity index (χ0n) is 12.4. The molecular formula is C17H20N2O2. The van der Waals surface area contributed by atoms with Crippen molar-refractivity contribution in [3.05, 3.63) is 59.7 Å². The third-order valence-electron chi connectivity index (χ3n) is 3.15. The van der Waals surface area contributed by atoms with Gasteiger partial charge in [-0.15, -0.1) is 0 Å². The molecule has 1 amide bonds. The number of nitrogen functional groups attached to an aromatic ring is 1. The molecule has 4 nitrogen and oxygen atoms in total. The number of rotatable bonds is 5. The quantitative estimate of drug-likeness (QED) is 0.859. The fourth-order valence-corrected chi connectivity index (χ4v) is 2.03. The number of carbonyl (C=O) groups is 1. The van der Waals surface area contributed by atoms with E-state index in [1.807, 2.05) is 25.1 Å². The normalized spacial score (nSPS) is 10.2. The lowest BCUT2D eigenvalue weighted by molar-refractivity contribution is -0.132. The van der Waals surface area contributed by atoms with E-state index in [0.717, 1.165) is 5.56 Å². The molecule has 4 heteroatoms. The molecule has 21 heavy (non-hydrogen) atoms. The molecule has 0 saturated heterocycles. The van der Waals surface area contributed by atoms with Crippen molar-refractivity contribution in [2.45, 2.75) is 13.5 Å². The summed E-state index contributed by atoms with van der Waals surface area (Å²) >= 11 is 0. The van der Waals surface area contributed by atoms with Crippen LogP contribution in [0.25, 0.3) is 0 Å². The van der Waals surface area contributed by atoms with E-state index in [-0.39, 0.29) is 12.5 Å². The maximum atomic E-state index is 12.1. The first kappa shape index (κ1) is 14.9. The highest BCUT2D eigenvalue weighted by Crippen LogP contribution is 2.14. The number of hydrogen-bond donors (Lipinski definition) is 1. The molecule has 0 atom stereocenters. The fourth-order valence-electron chi connectivity index (χ4n) is 2.03. The Morgan fingerprint density at radius 2 is 1.95 bits per heavy atom. The highest BCUT2D eigenvalue weighted by molar-refractivity contribution is 5.77. The van der Waals surface area contributed by atoms with Crippen LogP contribution in [0.1, 0.15) is 11.1 Å². The van der Waals surface area contributed by atoms with Crippen LogP contribution in [-0.2, 0) is 11.3 Å². The van der Waals surface area contributed by atoms with Crippen LogP contribution in [-0.4, -0.2) is 24.5 Å². The Bertz CT molecular complexity index is 626. The first-order valence-electron chi connectivity index (χ1n) is 6.82. The number of amides is 1. The van der Waals surface area contributed by atoms with Crippen molar-refractivity contribution < 1.29 is 9.53 Å². The van der Waals surface area contributed by atoms with E-state index >= 15 is 0 Å². The Morgan fingerprint density at radius 3 is 2.67 bits per heavy atom. The maximum Gasteiger partial charge on any atom is 0.260 e. The molecule has 0 aliphatic carbocycles. The largest absolute Gasteiger partial charge is 0.484 e. The number of nitrogens with two attached hydrogens (primary N) is 1. The van der Waals surface area contributed by atoms with Crippen LogP contribution in [0.5, 0.6) is 5.75 Å². The topological polar surface area (TPSA) is 55.6 Å². The third kappa shape index (κ3) is 4.53. The Balaban J connectivity index is 1.88. The number of carbonyl (C=O) groups excluding carboxylic acids is 1. The van der Waals surface area contributed by atoms with Gasteiger partial charge in [-0.25, -0.2) is 0 Å². The van der Waals surface area contributed by atoms with Crippen molar-refractivity contribution in [1.82, 2.24) is 4.90 Å². The molecule has 0 aliphatic heterocycles. The number of ether oxygens (including phenoxy) is 1. The maximum absolute atomic E-state index is 12.1. The van der Waals surface area contributed by atoms with Gasteiger partial charge in [-0.1, -0.05) is 35.9 Å². The van der Waals surface area contributed by atoms with Crippen molar-refractivity contribution in [1.29, 1.82) is 0 Å². The molecule has 0 saturated carbocycles. The Morgan fingerprint density at radius 1 is 1.19 bits per heavy atom. The van der Waals surface area contributed by atoms with Crippen LogP contribution in [0.15, 0.2) is 48.5 Å². The van der Waals surface area contributed by atoms with Gasteiger partial charge in [-0.05, 0) is 24.6 Å². The van der Waals surface area contributed by atoms with E-state index in [1.54, 1.807) is 36.2 Å². The summed E-state index contributed by atoms with van der Waals surface area (Å²) in [6, 6.07) is 15.2. The van der Waals surface area contributed by atoms with Gasteiger partial charge >= 0.3 is 0 Å². The summed E-state index contributed by atoms with van der Waals surface area (Å²) in [5.74, 6) is 0.534. The van der Waals surface area contributed by atoms with Gasteiger partial charge in [0.15, 0.2) is 6.61 Å². The van der Waals surface area contributed by atoms with Gasteiger partial charge in [0, 0.05) is 25.3 Å². The first-order chi connectivity index (χ1) is 10.0. The lowest BCUT2D eigenvalue weighted by atomic mass is 10.1. The summed E-state index contributed by atoms with van der Waals surface area (Å²) < 4.78 is 5.46. The van der Waals surface area contributed by atoms with Crippen LogP contribution in [0, 0.1) is 6.92 Å². The summed E-state index contributed by atoms with van der Waals surface area (Å²) in [5, 5.41) is 0. The van der Waals surface area contributed by atoms with Crippen molar-refractivity contribution >= 4 is 11.6 Å². The minimum atomic E-state index is -0.0704. The number of aryl methyl sites for hydroxylation is 1. The fraction of sp³-hybridized carbons (Fsp3) is 0.235. The number of anilines is 1. The molecule has 2 aromatic rings. The molecule has 0 heterocycles. The van der Waals surface area contributed by atoms with Crippen LogP contribution in [0.3, 0.4) is 0 Å². The van der Waals surface area contributed by atoms with Crippen LogP contribution in [0.2, 0.25) is 0 Å². The monoisotopic (exact) mass is 284 g/mol. The van der Waals surface area contributed by atoms with Crippen LogP contribution < -0.4 is 10.5 Å². The second-order valence-corrected chi connectivity index (χ2v) is 5.10. The molecule has 0 spiro atoms. The van der Waals surface area contributed by atoms with E-state index in [4.69, 9.17) is 10.5 Å². The van der Waals surface area contributed by atoms with Crippen molar-refractivity contribution in [3.63, 3.8) is 0 Å². The van der Waals surface area contributed by atoms with Gasteiger partial charge in [-0.3, -0.25) is 4.79 Å². The van der Waals surface area contributed by atoms with Gasteiger partial charge in [0.25, 0.3) is 5.91 Å². The Kier molecular flexibility index (Phi) is 4.82. The van der Waals surface area contributed by atoms with E-state index in [0.29, 0.717) is 18.0 Å². The molecule has 2 N–H and O–H groups in total. The molecule has 0 bridgehead atoms. The molecule has 0 aliphatic rings. The molecule has 0 aromatic heterocycles. The van der Waals surface area contributed by atoms with E-state index in [1.165, 1.54) is 5.56 Å². The average molecular weight is 284 g/mol. The molecule has 2 rings (SSSR count). The SMILES string of the molecule is Cc1cccc(CN(C)C(=O)COc2cccc(N)c2)c1. The average Bonchev–Trinajstić information content (AvgIpc) is 2.45. The summed E-state index contributed by atoms with van der Waals surface area (Å²) in [7, 11) is 1.77. The minimum absolute atomic E-state index is 0.00572. The smallest absolute Gasteiger partial charge is 0.260 e. The molecule has 0 fully saturated rings. The lowest BCUT2D eigenvalue weighted by Crippen LogP contribution is -2.30. The third-order valence-corrected chi connectivity index (χ3v) is 3.15. The predicted molar refractivity (Wildman–Crippen MR) is 84.0 cm³/mol. The summed E-state index contributed by atoms with van der Waals surface area (Å²) in [6.07, 6.45) is 0. The molecule has 0 unspecified atom stereocenters. The second kappa shape index (κ2) is 6.79. The minimum Gasteiger partial charge on any atom is -0.484 e. The molecule has 2 aromatic carbocycles. The molecule has 0 radical (unpaired) electrons. The van der Waals surface area contributed by atoms with Gasteiger partial charge in [0.2, 0.25) is 0 Å². The van der Waals surface area contributed by atoms with Crippen molar-refractivity contribution in [2.75, 3.05) is 19.4 Å².